The summed E-state index contributed by atoms with van der Waals surface area (Å²) in [5.41, 5.74) is 2.30. The lowest BCUT2D eigenvalue weighted by Gasteiger charge is -2.18. The van der Waals surface area contributed by atoms with Crippen LogP contribution in [-0.2, 0) is 17.2 Å². The predicted octanol–water partition coefficient (Wildman–Crippen LogP) is 3.56. The van der Waals surface area contributed by atoms with Crippen LogP contribution in [0.5, 0.6) is 0 Å². The third kappa shape index (κ3) is 4.44. The van der Waals surface area contributed by atoms with Crippen LogP contribution in [0.1, 0.15) is 64.5 Å². The molecule has 0 saturated carbocycles. The van der Waals surface area contributed by atoms with Gasteiger partial charge in [0.25, 0.3) is 0 Å². The van der Waals surface area contributed by atoms with Crippen molar-refractivity contribution in [3.05, 3.63) is 58.9 Å². The Morgan fingerprint density at radius 2 is 1.64 bits per heavy atom. The van der Waals surface area contributed by atoms with E-state index in [1.165, 1.54) is 17.6 Å². The molecule has 0 aliphatic heterocycles. The summed E-state index contributed by atoms with van der Waals surface area (Å²) >= 11 is 0. The SMILES string of the molecule is CC(=O)c1cc(C(=O)OCC(=O)c2ccc(C(C)(C)C)cc2)n(C)c1. The van der Waals surface area contributed by atoms with Gasteiger partial charge in [-0.25, -0.2) is 4.79 Å². The molecule has 5 heteroatoms. The number of aryl methyl sites for hydroxylation is 1. The van der Waals surface area contributed by atoms with E-state index in [9.17, 15) is 14.4 Å². The minimum Gasteiger partial charge on any atom is -0.453 e. The van der Waals surface area contributed by atoms with Crippen LogP contribution in [0.3, 0.4) is 0 Å². The zero-order valence-corrected chi connectivity index (χ0v) is 15.3. The largest absolute Gasteiger partial charge is 0.453 e. The van der Waals surface area contributed by atoms with Crippen molar-refractivity contribution in [2.75, 3.05) is 6.61 Å². The molecular weight excluding hydrogens is 318 g/mol. The molecule has 0 amide bonds. The van der Waals surface area contributed by atoms with Gasteiger partial charge in [-0.2, -0.15) is 0 Å². The fourth-order valence-corrected chi connectivity index (χ4v) is 2.40. The topological polar surface area (TPSA) is 65.4 Å². The molecule has 1 aromatic carbocycles. The van der Waals surface area contributed by atoms with Gasteiger partial charge in [-0.15, -0.1) is 0 Å². The van der Waals surface area contributed by atoms with Gasteiger partial charge in [0, 0.05) is 24.4 Å². The summed E-state index contributed by atoms with van der Waals surface area (Å²) in [5.74, 6) is -1.03. The summed E-state index contributed by atoms with van der Waals surface area (Å²) in [6.45, 7) is 7.38. The van der Waals surface area contributed by atoms with Crippen LogP contribution in [-0.4, -0.2) is 28.7 Å². The molecule has 0 radical (unpaired) electrons. The van der Waals surface area contributed by atoms with E-state index in [1.54, 1.807) is 25.4 Å². The summed E-state index contributed by atoms with van der Waals surface area (Å²) < 4.78 is 6.61. The van der Waals surface area contributed by atoms with Gasteiger partial charge < -0.3 is 9.30 Å². The van der Waals surface area contributed by atoms with E-state index in [0.29, 0.717) is 11.1 Å². The average Bonchev–Trinajstić information content (AvgIpc) is 2.94. The van der Waals surface area contributed by atoms with E-state index in [2.05, 4.69) is 20.8 Å². The Kier molecular flexibility index (Phi) is 5.26. The molecular formula is C20H23NO4. The molecule has 0 unspecified atom stereocenters. The molecule has 2 rings (SSSR count). The summed E-state index contributed by atoms with van der Waals surface area (Å²) in [6.07, 6.45) is 1.56. The number of ether oxygens (including phenoxy) is 1. The van der Waals surface area contributed by atoms with Crippen LogP contribution >= 0.6 is 0 Å². The predicted molar refractivity (Wildman–Crippen MR) is 95.2 cm³/mol. The smallest absolute Gasteiger partial charge is 0.355 e. The molecule has 0 aliphatic carbocycles. The highest BCUT2D eigenvalue weighted by Crippen LogP contribution is 2.22. The second-order valence-electron chi connectivity index (χ2n) is 7.11. The summed E-state index contributed by atoms with van der Waals surface area (Å²) in [6, 6.07) is 8.77. The van der Waals surface area contributed by atoms with Crippen molar-refractivity contribution in [1.29, 1.82) is 0 Å². The van der Waals surface area contributed by atoms with E-state index >= 15 is 0 Å². The Labute approximate surface area is 147 Å². The van der Waals surface area contributed by atoms with Crippen LogP contribution in [0, 0.1) is 0 Å². The molecule has 1 aromatic heterocycles. The number of hydrogen-bond donors (Lipinski definition) is 0. The standard InChI is InChI=1S/C20H23NO4/c1-13(22)15-10-17(21(5)11-15)19(24)25-12-18(23)14-6-8-16(9-7-14)20(2,3)4/h6-11H,12H2,1-5H3. The van der Waals surface area contributed by atoms with E-state index in [1.807, 2.05) is 12.1 Å². The first-order chi connectivity index (χ1) is 11.6. The molecule has 0 atom stereocenters. The Bertz CT molecular complexity index is 807. The van der Waals surface area contributed by atoms with Crippen molar-refractivity contribution in [1.82, 2.24) is 4.57 Å². The number of Topliss-reactive ketones (excluding diaryl/α,β-unsaturated/α-hetero) is 2. The van der Waals surface area contributed by atoms with Crippen molar-refractivity contribution < 1.29 is 19.1 Å². The molecule has 2 aromatic rings. The Morgan fingerprint density at radius 1 is 1.04 bits per heavy atom. The number of rotatable bonds is 5. The number of esters is 1. The third-order valence-electron chi connectivity index (χ3n) is 4.03. The zero-order chi connectivity index (χ0) is 18.8. The number of carbonyl (C=O) groups is 3. The van der Waals surface area contributed by atoms with Gasteiger partial charge in [0.1, 0.15) is 5.69 Å². The second-order valence-corrected chi connectivity index (χ2v) is 7.11. The van der Waals surface area contributed by atoms with Crippen LogP contribution in [0.25, 0.3) is 0 Å². The second kappa shape index (κ2) is 7.05. The first kappa shape index (κ1) is 18.6. The van der Waals surface area contributed by atoms with Gasteiger partial charge in [-0.1, -0.05) is 45.0 Å². The molecule has 1 heterocycles. The maximum absolute atomic E-state index is 12.2. The highest BCUT2D eigenvalue weighted by Gasteiger charge is 2.18. The molecule has 132 valence electrons. The minimum atomic E-state index is -0.630. The number of ketones is 2. The lowest BCUT2D eigenvalue weighted by Crippen LogP contribution is -2.16. The van der Waals surface area contributed by atoms with Gasteiger partial charge in [-0.05, 0) is 24.0 Å². The Hall–Kier alpha value is -2.69. The molecule has 0 N–H and O–H groups in total. The molecule has 5 nitrogen and oxygen atoms in total. The maximum atomic E-state index is 12.2. The fourth-order valence-electron chi connectivity index (χ4n) is 2.40. The van der Waals surface area contributed by atoms with E-state index in [-0.39, 0.29) is 29.3 Å². The Morgan fingerprint density at radius 3 is 2.12 bits per heavy atom. The normalized spacial score (nSPS) is 11.2. The molecule has 0 aliphatic rings. The first-order valence-corrected chi connectivity index (χ1v) is 8.08. The fraction of sp³-hybridized carbons (Fsp3) is 0.350. The van der Waals surface area contributed by atoms with Crippen molar-refractivity contribution in [3.63, 3.8) is 0 Å². The lowest BCUT2D eigenvalue weighted by atomic mass is 9.86. The minimum absolute atomic E-state index is 0.00892. The summed E-state index contributed by atoms with van der Waals surface area (Å²) in [4.78, 5) is 35.7. The number of hydrogen-bond acceptors (Lipinski definition) is 4. The van der Waals surface area contributed by atoms with Crippen LogP contribution in [0.4, 0.5) is 0 Å². The van der Waals surface area contributed by atoms with Crippen molar-refractivity contribution in [2.45, 2.75) is 33.1 Å². The summed E-state index contributed by atoms with van der Waals surface area (Å²) in [5, 5.41) is 0. The molecule has 0 saturated heterocycles. The first-order valence-electron chi connectivity index (χ1n) is 8.08. The van der Waals surface area contributed by atoms with Crippen molar-refractivity contribution in [3.8, 4) is 0 Å². The number of aromatic nitrogens is 1. The quantitative estimate of drug-likeness (QED) is 0.616. The molecule has 25 heavy (non-hydrogen) atoms. The van der Waals surface area contributed by atoms with Crippen LogP contribution in [0.15, 0.2) is 36.5 Å². The van der Waals surface area contributed by atoms with E-state index < -0.39 is 5.97 Å². The summed E-state index contributed by atoms with van der Waals surface area (Å²) in [7, 11) is 1.65. The highest BCUT2D eigenvalue weighted by atomic mass is 16.5. The van der Waals surface area contributed by atoms with Crippen LogP contribution in [0.2, 0.25) is 0 Å². The molecule has 0 bridgehead atoms. The molecule has 0 fully saturated rings. The zero-order valence-electron chi connectivity index (χ0n) is 15.3. The Balaban J connectivity index is 2.02. The number of benzene rings is 1. The number of nitrogens with zero attached hydrogens (tertiary/aromatic N) is 1. The van der Waals surface area contributed by atoms with Gasteiger partial charge in [0.15, 0.2) is 18.2 Å². The van der Waals surface area contributed by atoms with Gasteiger partial charge in [0.05, 0.1) is 0 Å². The van der Waals surface area contributed by atoms with Gasteiger partial charge in [-0.3, -0.25) is 9.59 Å². The third-order valence-corrected chi connectivity index (χ3v) is 4.03. The monoisotopic (exact) mass is 341 g/mol. The lowest BCUT2D eigenvalue weighted by molar-refractivity contribution is 0.0465. The number of carbonyl (C=O) groups excluding carboxylic acids is 3. The molecule has 0 spiro atoms. The van der Waals surface area contributed by atoms with Gasteiger partial charge in [0.2, 0.25) is 0 Å². The maximum Gasteiger partial charge on any atom is 0.355 e. The van der Waals surface area contributed by atoms with Crippen molar-refractivity contribution in [2.24, 2.45) is 7.05 Å². The van der Waals surface area contributed by atoms with E-state index in [0.717, 1.165) is 5.56 Å². The van der Waals surface area contributed by atoms with Crippen LogP contribution < -0.4 is 0 Å². The van der Waals surface area contributed by atoms with E-state index in [4.69, 9.17) is 4.74 Å². The average molecular weight is 341 g/mol. The highest BCUT2D eigenvalue weighted by molar-refractivity contribution is 6.00. The van der Waals surface area contributed by atoms with Gasteiger partial charge >= 0.3 is 5.97 Å². The van der Waals surface area contributed by atoms with Crippen molar-refractivity contribution >= 4 is 17.5 Å².